The van der Waals surface area contributed by atoms with Crippen LogP contribution >= 0.6 is 0 Å². The lowest BCUT2D eigenvalue weighted by Crippen LogP contribution is -2.33. The van der Waals surface area contributed by atoms with Crippen LogP contribution in [0.1, 0.15) is 49.0 Å². The Morgan fingerprint density at radius 2 is 1.81 bits per heavy atom. The van der Waals surface area contributed by atoms with E-state index >= 15 is 0 Å². The first-order chi connectivity index (χ1) is 12.5. The number of aryl methyl sites for hydroxylation is 1. The zero-order chi connectivity index (χ0) is 18.3. The van der Waals surface area contributed by atoms with Crippen molar-refractivity contribution >= 4 is 5.69 Å². The first-order valence-corrected chi connectivity index (χ1v) is 9.14. The van der Waals surface area contributed by atoms with Gasteiger partial charge in [-0.2, -0.15) is 5.10 Å². The lowest BCUT2D eigenvalue weighted by molar-refractivity contribution is -0.384. The minimum Gasteiger partial charge on any atom is -0.299 e. The van der Waals surface area contributed by atoms with Crippen LogP contribution in [0.15, 0.2) is 29.1 Å². The van der Waals surface area contributed by atoms with Gasteiger partial charge in [0.1, 0.15) is 5.82 Å². The highest BCUT2D eigenvalue weighted by atomic mass is 16.6. The minimum atomic E-state index is -0.373. The smallest absolute Gasteiger partial charge is 0.299 e. The van der Waals surface area contributed by atoms with Gasteiger partial charge in [-0.25, -0.2) is 9.48 Å². The molecule has 2 aliphatic rings. The quantitative estimate of drug-likeness (QED) is 0.605. The second kappa shape index (κ2) is 6.68. The number of hydrogen-bond donors (Lipinski definition) is 0. The molecule has 8 heteroatoms. The number of rotatable bonds is 5. The van der Waals surface area contributed by atoms with Crippen LogP contribution in [0.25, 0.3) is 0 Å². The third-order valence-electron chi connectivity index (χ3n) is 5.40. The first kappa shape index (κ1) is 17.0. The summed E-state index contributed by atoms with van der Waals surface area (Å²) in [6.45, 7) is 2.68. The third-order valence-corrected chi connectivity index (χ3v) is 5.40. The fraction of sp³-hybridized carbons (Fsp3) is 0.556. The van der Waals surface area contributed by atoms with Gasteiger partial charge >= 0.3 is 5.69 Å². The van der Waals surface area contributed by atoms with Crippen LogP contribution in [-0.2, 0) is 13.6 Å². The van der Waals surface area contributed by atoms with Crippen molar-refractivity contribution in [2.75, 3.05) is 13.1 Å². The van der Waals surface area contributed by atoms with Crippen LogP contribution < -0.4 is 5.69 Å². The van der Waals surface area contributed by atoms with Gasteiger partial charge < -0.3 is 0 Å². The van der Waals surface area contributed by atoms with Gasteiger partial charge in [0.2, 0.25) is 0 Å². The lowest BCUT2D eigenvalue weighted by atomic mass is 9.95. The molecule has 2 heterocycles. The minimum absolute atomic E-state index is 0.0100. The van der Waals surface area contributed by atoms with Crippen molar-refractivity contribution < 1.29 is 4.92 Å². The van der Waals surface area contributed by atoms with Crippen molar-refractivity contribution in [3.8, 4) is 0 Å². The molecule has 1 aromatic carbocycles. The summed E-state index contributed by atoms with van der Waals surface area (Å²) in [4.78, 5) is 25.0. The molecule has 4 rings (SSSR count). The molecule has 0 amide bonds. The van der Waals surface area contributed by atoms with Gasteiger partial charge in [-0.1, -0.05) is 12.1 Å². The van der Waals surface area contributed by atoms with Crippen molar-refractivity contribution in [2.45, 2.75) is 44.2 Å². The highest BCUT2D eigenvalue weighted by Gasteiger charge is 2.33. The van der Waals surface area contributed by atoms with E-state index in [1.165, 1.54) is 4.68 Å². The highest BCUT2D eigenvalue weighted by Crippen LogP contribution is 2.37. The first-order valence-electron chi connectivity index (χ1n) is 9.14. The van der Waals surface area contributed by atoms with Gasteiger partial charge in [0, 0.05) is 37.7 Å². The summed E-state index contributed by atoms with van der Waals surface area (Å²) in [5.74, 6) is 1.28. The monoisotopic (exact) mass is 357 g/mol. The molecule has 0 spiro atoms. The maximum atomic E-state index is 12.3. The maximum Gasteiger partial charge on any atom is 0.345 e. The number of nitrogens with zero attached hydrogens (tertiary/aromatic N) is 5. The molecule has 0 N–H and O–H groups in total. The number of nitro groups is 1. The van der Waals surface area contributed by atoms with E-state index in [9.17, 15) is 14.9 Å². The van der Waals surface area contributed by atoms with Crippen molar-refractivity contribution in [1.29, 1.82) is 0 Å². The molecule has 8 nitrogen and oxygen atoms in total. The summed E-state index contributed by atoms with van der Waals surface area (Å²) in [6.07, 6.45) is 4.13. The summed E-state index contributed by atoms with van der Waals surface area (Å²) in [6, 6.07) is 7.13. The molecule has 0 radical (unpaired) electrons. The van der Waals surface area contributed by atoms with Gasteiger partial charge in [-0.15, -0.1) is 0 Å². The molecule has 1 aliphatic carbocycles. The Labute approximate surface area is 151 Å². The van der Waals surface area contributed by atoms with E-state index in [1.807, 2.05) is 16.7 Å². The Balaban J connectivity index is 1.39. The summed E-state index contributed by atoms with van der Waals surface area (Å²) in [5, 5.41) is 15.3. The lowest BCUT2D eigenvalue weighted by Gasteiger charge is -2.31. The SMILES string of the molecule is Cn1nc(C2CCN(Cc3ccc([N+](=O)[O-])cc3)CC2)n(C2CC2)c1=O. The van der Waals surface area contributed by atoms with Gasteiger partial charge in [-0.3, -0.25) is 19.6 Å². The molecule has 0 atom stereocenters. The molecule has 0 unspecified atom stereocenters. The molecule has 1 saturated carbocycles. The second-order valence-corrected chi connectivity index (χ2v) is 7.34. The standard InChI is InChI=1S/C18H23N5O3/c1-20-18(24)22(15-6-7-15)17(19-20)14-8-10-21(11-9-14)12-13-2-4-16(5-3-13)23(25)26/h2-5,14-15H,6-12H2,1H3. The van der Waals surface area contributed by atoms with Crippen LogP contribution in [0, 0.1) is 10.1 Å². The van der Waals surface area contributed by atoms with Crippen molar-refractivity contribution in [3.05, 3.63) is 56.3 Å². The third kappa shape index (κ3) is 3.29. The molecule has 1 saturated heterocycles. The number of hydrogen-bond acceptors (Lipinski definition) is 5. The normalized spacial score (nSPS) is 19.0. The number of piperidine rings is 1. The fourth-order valence-electron chi connectivity index (χ4n) is 3.78. The average molecular weight is 357 g/mol. The summed E-state index contributed by atoms with van der Waals surface area (Å²) >= 11 is 0. The molecule has 0 bridgehead atoms. The van der Waals surface area contributed by atoms with E-state index in [0.29, 0.717) is 12.0 Å². The summed E-state index contributed by atoms with van der Waals surface area (Å²) in [7, 11) is 1.73. The number of nitro benzene ring substituents is 1. The maximum absolute atomic E-state index is 12.3. The van der Waals surface area contributed by atoms with Gasteiger partial charge in [0.15, 0.2) is 0 Å². The Kier molecular flexibility index (Phi) is 4.36. The Morgan fingerprint density at radius 3 is 2.38 bits per heavy atom. The molecule has 138 valence electrons. The Bertz CT molecular complexity index is 858. The number of likely N-dealkylation sites (tertiary alicyclic amines) is 1. The highest BCUT2D eigenvalue weighted by molar-refractivity contribution is 5.32. The van der Waals surface area contributed by atoms with Gasteiger partial charge in [-0.05, 0) is 44.3 Å². The summed E-state index contributed by atoms with van der Waals surface area (Å²) < 4.78 is 3.38. The predicted molar refractivity (Wildman–Crippen MR) is 96.1 cm³/mol. The number of aromatic nitrogens is 3. The van der Waals surface area contributed by atoms with E-state index in [1.54, 1.807) is 19.2 Å². The average Bonchev–Trinajstić information content (AvgIpc) is 3.42. The van der Waals surface area contributed by atoms with Crippen LogP contribution in [0.5, 0.6) is 0 Å². The largest absolute Gasteiger partial charge is 0.345 e. The molecular formula is C18H23N5O3. The van der Waals surface area contributed by atoms with E-state index in [0.717, 1.165) is 56.7 Å². The zero-order valence-electron chi connectivity index (χ0n) is 14.9. The van der Waals surface area contributed by atoms with Crippen molar-refractivity contribution in [2.24, 2.45) is 7.05 Å². The molecular weight excluding hydrogens is 334 g/mol. The van der Waals surface area contributed by atoms with Crippen LogP contribution in [0.2, 0.25) is 0 Å². The number of benzene rings is 1. The zero-order valence-corrected chi connectivity index (χ0v) is 14.9. The topological polar surface area (TPSA) is 86.2 Å². The molecule has 1 aromatic heterocycles. The second-order valence-electron chi connectivity index (χ2n) is 7.34. The van der Waals surface area contributed by atoms with E-state index in [4.69, 9.17) is 0 Å². The van der Waals surface area contributed by atoms with Gasteiger partial charge in [0.25, 0.3) is 5.69 Å². The molecule has 26 heavy (non-hydrogen) atoms. The van der Waals surface area contributed by atoms with Crippen LogP contribution in [0.4, 0.5) is 5.69 Å². The molecule has 2 aromatic rings. The number of non-ortho nitro benzene ring substituents is 1. The van der Waals surface area contributed by atoms with Crippen molar-refractivity contribution in [3.63, 3.8) is 0 Å². The van der Waals surface area contributed by atoms with E-state index in [2.05, 4.69) is 10.00 Å². The van der Waals surface area contributed by atoms with Gasteiger partial charge in [0.05, 0.1) is 4.92 Å². The van der Waals surface area contributed by atoms with Crippen molar-refractivity contribution in [1.82, 2.24) is 19.2 Å². The Morgan fingerprint density at radius 1 is 1.15 bits per heavy atom. The fourth-order valence-corrected chi connectivity index (χ4v) is 3.78. The predicted octanol–water partition coefficient (Wildman–Crippen LogP) is 2.20. The van der Waals surface area contributed by atoms with Crippen LogP contribution in [-0.4, -0.2) is 37.3 Å². The molecule has 2 fully saturated rings. The van der Waals surface area contributed by atoms with E-state index < -0.39 is 0 Å². The Hall–Kier alpha value is -2.48. The van der Waals surface area contributed by atoms with E-state index in [-0.39, 0.29) is 16.3 Å². The summed E-state index contributed by atoms with van der Waals surface area (Å²) in [5.41, 5.74) is 1.22. The molecule has 1 aliphatic heterocycles. The van der Waals surface area contributed by atoms with Crippen LogP contribution in [0.3, 0.4) is 0 Å².